The molecule has 0 radical (unpaired) electrons. The fourth-order valence-corrected chi connectivity index (χ4v) is 3.10. The lowest BCUT2D eigenvalue weighted by Crippen LogP contribution is -2.20. The average molecular weight is 440 g/mol. The van der Waals surface area contributed by atoms with Crippen LogP contribution in [0.2, 0.25) is 0 Å². The molecule has 2 amide bonds. The molecular weight excluding hydrogens is 414 g/mol. The zero-order chi connectivity index (χ0) is 23.8. The van der Waals surface area contributed by atoms with E-state index in [0.29, 0.717) is 22.7 Å². The summed E-state index contributed by atoms with van der Waals surface area (Å²) in [7, 11) is 0. The second-order valence-electron chi connectivity index (χ2n) is 7.70. The molecule has 3 aromatic rings. The number of rotatable bonds is 7. The van der Waals surface area contributed by atoms with Crippen molar-refractivity contribution in [1.82, 2.24) is 0 Å². The van der Waals surface area contributed by atoms with Crippen molar-refractivity contribution in [3.63, 3.8) is 0 Å². The van der Waals surface area contributed by atoms with Crippen molar-refractivity contribution in [2.24, 2.45) is 0 Å². The topological polar surface area (TPSA) is 91.2 Å². The summed E-state index contributed by atoms with van der Waals surface area (Å²) in [6, 6.07) is 21.8. The predicted octanol–water partition coefficient (Wildman–Crippen LogP) is 5.18. The van der Waals surface area contributed by atoms with Crippen LogP contribution in [0.3, 0.4) is 0 Å². The maximum atomic E-state index is 12.5. The third-order valence-corrected chi connectivity index (χ3v) is 4.97. The van der Waals surface area contributed by atoms with Gasteiger partial charge in [-0.15, -0.1) is 0 Å². The summed E-state index contributed by atoms with van der Waals surface area (Å²) < 4.78 is 5.59. The van der Waals surface area contributed by atoms with E-state index < -0.39 is 5.91 Å². The lowest BCUT2D eigenvalue weighted by molar-refractivity contribution is -0.118. The number of hydrogen-bond donors (Lipinski definition) is 2. The molecule has 0 saturated heterocycles. The summed E-state index contributed by atoms with van der Waals surface area (Å²) in [4.78, 5) is 24.7. The fraction of sp³-hybridized carbons (Fsp3) is 0.148. The Morgan fingerprint density at radius 1 is 0.909 bits per heavy atom. The van der Waals surface area contributed by atoms with Crippen molar-refractivity contribution in [1.29, 1.82) is 5.26 Å². The Morgan fingerprint density at radius 3 is 2.39 bits per heavy atom. The van der Waals surface area contributed by atoms with E-state index in [1.54, 1.807) is 30.3 Å². The van der Waals surface area contributed by atoms with Gasteiger partial charge in [0, 0.05) is 11.4 Å². The standard InChI is InChI=1S/C27H25N3O3/c1-18-6-4-8-23(12-18)30-27(32)22(16-28)14-21-7-5-9-25(15-21)33-17-26(31)29-24-11-10-19(2)20(3)13-24/h4-15H,17H2,1-3H3,(H,29,31)(H,30,32)/b22-14+. The molecule has 0 bridgehead atoms. The number of carbonyl (C=O) groups is 2. The zero-order valence-electron chi connectivity index (χ0n) is 18.8. The number of amides is 2. The first-order valence-corrected chi connectivity index (χ1v) is 10.4. The van der Waals surface area contributed by atoms with Crippen molar-refractivity contribution >= 4 is 29.3 Å². The van der Waals surface area contributed by atoms with Gasteiger partial charge >= 0.3 is 0 Å². The van der Waals surface area contributed by atoms with Crippen molar-refractivity contribution in [3.8, 4) is 11.8 Å². The molecule has 0 aromatic heterocycles. The summed E-state index contributed by atoms with van der Waals surface area (Å²) in [5.41, 5.74) is 5.14. The van der Waals surface area contributed by atoms with E-state index in [4.69, 9.17) is 4.74 Å². The van der Waals surface area contributed by atoms with E-state index >= 15 is 0 Å². The fourth-order valence-electron chi connectivity index (χ4n) is 3.10. The van der Waals surface area contributed by atoms with Gasteiger partial charge in [-0.05, 0) is 85.5 Å². The molecule has 33 heavy (non-hydrogen) atoms. The number of ether oxygens (including phenoxy) is 1. The van der Waals surface area contributed by atoms with Crippen molar-refractivity contribution in [3.05, 3.63) is 94.6 Å². The van der Waals surface area contributed by atoms with E-state index in [-0.39, 0.29) is 18.1 Å². The van der Waals surface area contributed by atoms with Gasteiger partial charge in [0.1, 0.15) is 17.4 Å². The van der Waals surface area contributed by atoms with Gasteiger partial charge in [0.25, 0.3) is 11.8 Å². The number of benzene rings is 3. The van der Waals surface area contributed by atoms with Crippen molar-refractivity contribution < 1.29 is 14.3 Å². The van der Waals surface area contributed by atoms with Crippen molar-refractivity contribution in [2.75, 3.05) is 17.2 Å². The molecule has 0 heterocycles. The van der Waals surface area contributed by atoms with Crippen molar-refractivity contribution in [2.45, 2.75) is 20.8 Å². The molecule has 0 aliphatic heterocycles. The lowest BCUT2D eigenvalue weighted by atomic mass is 10.1. The Morgan fingerprint density at radius 2 is 1.67 bits per heavy atom. The Balaban J connectivity index is 1.63. The second-order valence-corrected chi connectivity index (χ2v) is 7.70. The van der Waals surface area contributed by atoms with Crippen LogP contribution in [0.15, 0.2) is 72.3 Å². The summed E-state index contributed by atoms with van der Waals surface area (Å²) >= 11 is 0. The molecule has 0 atom stereocenters. The average Bonchev–Trinajstić information content (AvgIpc) is 2.79. The highest BCUT2D eigenvalue weighted by atomic mass is 16.5. The molecule has 3 rings (SSSR count). The van der Waals surface area contributed by atoms with Gasteiger partial charge in [0.05, 0.1) is 0 Å². The first-order valence-electron chi connectivity index (χ1n) is 10.4. The molecule has 0 fully saturated rings. The SMILES string of the molecule is Cc1cccc(NC(=O)/C(C#N)=C/c2cccc(OCC(=O)Nc3ccc(C)c(C)c3)c2)c1. The van der Waals surface area contributed by atoms with Gasteiger partial charge in [-0.3, -0.25) is 9.59 Å². The number of aryl methyl sites for hydroxylation is 3. The minimum atomic E-state index is -0.498. The minimum Gasteiger partial charge on any atom is -0.484 e. The summed E-state index contributed by atoms with van der Waals surface area (Å²) in [5, 5.41) is 15.0. The van der Waals surface area contributed by atoms with E-state index in [1.807, 2.05) is 63.2 Å². The third kappa shape index (κ3) is 6.81. The number of hydrogen-bond acceptors (Lipinski definition) is 4. The molecule has 0 saturated carbocycles. The zero-order valence-corrected chi connectivity index (χ0v) is 18.8. The highest BCUT2D eigenvalue weighted by molar-refractivity contribution is 6.09. The number of nitrogens with one attached hydrogen (secondary N) is 2. The van der Waals surface area contributed by atoms with Crippen LogP contribution in [-0.4, -0.2) is 18.4 Å². The molecule has 6 nitrogen and oxygen atoms in total. The second kappa shape index (κ2) is 10.8. The van der Waals surface area contributed by atoms with Gasteiger partial charge < -0.3 is 15.4 Å². The smallest absolute Gasteiger partial charge is 0.266 e. The number of nitrogens with zero attached hydrogens (tertiary/aromatic N) is 1. The van der Waals surface area contributed by atoms with Crippen LogP contribution < -0.4 is 15.4 Å². The van der Waals surface area contributed by atoms with Crippen LogP contribution in [0.5, 0.6) is 5.75 Å². The number of anilines is 2. The molecule has 0 spiro atoms. The Bertz CT molecular complexity index is 1260. The quantitative estimate of drug-likeness (QED) is 0.392. The van der Waals surface area contributed by atoms with Crippen LogP contribution in [0.4, 0.5) is 11.4 Å². The van der Waals surface area contributed by atoms with E-state index in [2.05, 4.69) is 10.6 Å². The van der Waals surface area contributed by atoms with Gasteiger partial charge in [0.2, 0.25) is 0 Å². The Kier molecular flexibility index (Phi) is 7.61. The first-order chi connectivity index (χ1) is 15.8. The minimum absolute atomic E-state index is 0.0406. The molecule has 2 N–H and O–H groups in total. The molecule has 6 heteroatoms. The summed E-state index contributed by atoms with van der Waals surface area (Å²) in [6.07, 6.45) is 1.48. The van der Waals surface area contributed by atoms with E-state index in [1.165, 1.54) is 6.08 Å². The van der Waals surface area contributed by atoms with Crippen LogP contribution in [-0.2, 0) is 9.59 Å². The van der Waals surface area contributed by atoms with Gasteiger partial charge in [-0.2, -0.15) is 5.26 Å². The molecule has 0 aliphatic rings. The largest absolute Gasteiger partial charge is 0.484 e. The monoisotopic (exact) mass is 439 g/mol. The van der Waals surface area contributed by atoms with E-state index in [0.717, 1.165) is 16.7 Å². The normalized spacial score (nSPS) is 10.8. The van der Waals surface area contributed by atoms with Crippen LogP contribution in [0.1, 0.15) is 22.3 Å². The van der Waals surface area contributed by atoms with Gasteiger partial charge in [0.15, 0.2) is 6.61 Å². The third-order valence-electron chi connectivity index (χ3n) is 4.97. The van der Waals surface area contributed by atoms with Gasteiger partial charge in [-0.1, -0.05) is 30.3 Å². The maximum Gasteiger partial charge on any atom is 0.266 e. The predicted molar refractivity (Wildman–Crippen MR) is 130 cm³/mol. The van der Waals surface area contributed by atoms with Crippen LogP contribution in [0.25, 0.3) is 6.08 Å². The van der Waals surface area contributed by atoms with E-state index in [9.17, 15) is 14.9 Å². The van der Waals surface area contributed by atoms with Crippen LogP contribution >= 0.6 is 0 Å². The molecular formula is C27H25N3O3. The van der Waals surface area contributed by atoms with Gasteiger partial charge in [-0.25, -0.2) is 0 Å². The lowest BCUT2D eigenvalue weighted by Gasteiger charge is -2.10. The maximum absolute atomic E-state index is 12.5. The Labute approximate surface area is 193 Å². The molecule has 0 unspecified atom stereocenters. The number of carbonyl (C=O) groups excluding carboxylic acids is 2. The first kappa shape index (κ1) is 23.3. The Hall–Kier alpha value is -4.37. The molecule has 166 valence electrons. The highest BCUT2D eigenvalue weighted by Gasteiger charge is 2.10. The molecule has 0 aliphatic carbocycles. The summed E-state index contributed by atoms with van der Waals surface area (Å²) in [5.74, 6) is -0.327. The number of nitriles is 1. The molecule has 3 aromatic carbocycles. The van der Waals surface area contributed by atoms with Crippen LogP contribution in [0, 0.1) is 32.1 Å². The summed E-state index contributed by atoms with van der Waals surface area (Å²) in [6.45, 7) is 5.75. The highest BCUT2D eigenvalue weighted by Crippen LogP contribution is 2.18.